The number of aromatic nitrogens is 2. The maximum atomic E-state index is 11.7. The minimum Gasteiger partial charge on any atom is -0.378 e. The summed E-state index contributed by atoms with van der Waals surface area (Å²) in [4.78, 5) is 22.1. The Hall–Kier alpha value is -1.78. The van der Waals surface area contributed by atoms with E-state index < -0.39 is 10.0 Å². The molecule has 1 fully saturated rings. The monoisotopic (exact) mass is 343 g/mol. The van der Waals surface area contributed by atoms with E-state index in [0.29, 0.717) is 18.9 Å². The van der Waals surface area contributed by atoms with Crippen molar-refractivity contribution in [3.8, 4) is 0 Å². The van der Waals surface area contributed by atoms with Crippen molar-refractivity contribution in [1.29, 1.82) is 0 Å². The van der Waals surface area contributed by atoms with Crippen LogP contribution in [0, 0.1) is 0 Å². The molecular formula is C13H21N5O4S. The highest BCUT2D eigenvalue weighted by Crippen LogP contribution is 2.12. The smallest absolute Gasteiger partial charge is 0.221 e. The Bertz CT molecular complexity index is 631. The van der Waals surface area contributed by atoms with Crippen molar-refractivity contribution < 1.29 is 17.9 Å². The number of rotatable bonds is 7. The number of carbonyl (C=O) groups is 1. The number of hydrogen-bond donors (Lipinski definition) is 2. The van der Waals surface area contributed by atoms with Gasteiger partial charge >= 0.3 is 0 Å². The zero-order valence-corrected chi connectivity index (χ0v) is 13.8. The minimum absolute atomic E-state index is 0.0769. The van der Waals surface area contributed by atoms with Gasteiger partial charge in [-0.05, 0) is 0 Å². The third-order valence-corrected chi connectivity index (χ3v) is 3.96. The van der Waals surface area contributed by atoms with Crippen molar-refractivity contribution in [1.82, 2.24) is 20.0 Å². The number of amides is 1. The first kappa shape index (κ1) is 17.6. The van der Waals surface area contributed by atoms with Gasteiger partial charge < -0.3 is 15.0 Å². The van der Waals surface area contributed by atoms with Gasteiger partial charge in [0.15, 0.2) is 0 Å². The number of ether oxygens (including phenoxy) is 1. The predicted octanol–water partition coefficient (Wildman–Crippen LogP) is -1.13. The molecule has 23 heavy (non-hydrogen) atoms. The molecule has 1 aliphatic rings. The highest BCUT2D eigenvalue weighted by molar-refractivity contribution is 7.88. The Morgan fingerprint density at radius 3 is 2.78 bits per heavy atom. The van der Waals surface area contributed by atoms with Crippen molar-refractivity contribution in [2.45, 2.75) is 13.0 Å². The van der Waals surface area contributed by atoms with E-state index in [1.54, 1.807) is 0 Å². The summed E-state index contributed by atoms with van der Waals surface area (Å²) in [7, 11) is -3.27. The van der Waals surface area contributed by atoms with Crippen LogP contribution in [-0.2, 0) is 26.1 Å². The molecule has 0 spiro atoms. The highest BCUT2D eigenvalue weighted by atomic mass is 32.2. The molecule has 0 aliphatic carbocycles. The highest BCUT2D eigenvalue weighted by Gasteiger charge is 2.13. The van der Waals surface area contributed by atoms with Crippen LogP contribution in [-0.4, -0.2) is 63.4 Å². The van der Waals surface area contributed by atoms with E-state index in [1.807, 2.05) is 6.07 Å². The summed E-state index contributed by atoms with van der Waals surface area (Å²) in [5, 5.41) is 2.71. The van der Waals surface area contributed by atoms with E-state index in [-0.39, 0.29) is 25.4 Å². The van der Waals surface area contributed by atoms with Crippen LogP contribution in [0.5, 0.6) is 0 Å². The molecule has 1 amide bonds. The van der Waals surface area contributed by atoms with Crippen LogP contribution in [0.25, 0.3) is 0 Å². The van der Waals surface area contributed by atoms with Crippen molar-refractivity contribution in [3.63, 3.8) is 0 Å². The second-order valence-corrected chi connectivity index (χ2v) is 6.99. The molecule has 1 aromatic heterocycles. The van der Waals surface area contributed by atoms with Gasteiger partial charge in [0, 0.05) is 32.1 Å². The number of morpholine rings is 1. The lowest BCUT2D eigenvalue weighted by molar-refractivity contribution is -0.121. The average Bonchev–Trinajstić information content (AvgIpc) is 2.53. The summed E-state index contributed by atoms with van der Waals surface area (Å²) in [6, 6.07) is 1.83. The zero-order chi connectivity index (χ0) is 16.7. The van der Waals surface area contributed by atoms with Gasteiger partial charge in [0.25, 0.3) is 0 Å². The first-order valence-electron chi connectivity index (χ1n) is 7.29. The summed E-state index contributed by atoms with van der Waals surface area (Å²) < 4.78 is 29.4. The van der Waals surface area contributed by atoms with Crippen molar-refractivity contribution in [3.05, 3.63) is 18.1 Å². The molecule has 10 heteroatoms. The molecule has 0 bridgehead atoms. The molecule has 0 saturated carbocycles. The van der Waals surface area contributed by atoms with Crippen LogP contribution in [0.1, 0.15) is 12.1 Å². The largest absolute Gasteiger partial charge is 0.378 e. The van der Waals surface area contributed by atoms with Gasteiger partial charge in [0.2, 0.25) is 15.9 Å². The first-order valence-corrected chi connectivity index (χ1v) is 9.18. The van der Waals surface area contributed by atoms with E-state index in [4.69, 9.17) is 4.74 Å². The second kappa shape index (κ2) is 8.18. The van der Waals surface area contributed by atoms with Gasteiger partial charge in [-0.1, -0.05) is 0 Å². The standard InChI is InChI=1S/C13H21N5O4S/c1-23(20,21)17-3-2-13(19)14-9-11-8-12(16-10-15-11)18-4-6-22-7-5-18/h8,10,17H,2-7,9H2,1H3,(H,14,19). The summed E-state index contributed by atoms with van der Waals surface area (Å²) in [6.45, 7) is 3.25. The summed E-state index contributed by atoms with van der Waals surface area (Å²) in [6.07, 6.45) is 2.60. The third kappa shape index (κ3) is 6.47. The van der Waals surface area contributed by atoms with Crippen molar-refractivity contribution in [2.75, 3.05) is 44.0 Å². The number of hydrogen-bond acceptors (Lipinski definition) is 7. The molecule has 1 aromatic rings. The molecule has 2 rings (SSSR count). The lowest BCUT2D eigenvalue weighted by Gasteiger charge is -2.27. The van der Waals surface area contributed by atoms with Gasteiger partial charge in [-0.3, -0.25) is 4.79 Å². The molecule has 0 unspecified atom stereocenters. The maximum absolute atomic E-state index is 11.7. The van der Waals surface area contributed by atoms with E-state index in [0.717, 1.165) is 25.2 Å². The number of anilines is 1. The van der Waals surface area contributed by atoms with Crippen molar-refractivity contribution >= 4 is 21.7 Å². The lowest BCUT2D eigenvalue weighted by atomic mass is 10.3. The fraction of sp³-hybridized carbons (Fsp3) is 0.615. The lowest BCUT2D eigenvalue weighted by Crippen LogP contribution is -2.37. The van der Waals surface area contributed by atoms with E-state index in [1.165, 1.54) is 6.33 Å². The van der Waals surface area contributed by atoms with Gasteiger partial charge in [-0.2, -0.15) is 0 Å². The Morgan fingerprint density at radius 2 is 2.09 bits per heavy atom. The summed E-state index contributed by atoms with van der Waals surface area (Å²) in [5.74, 6) is 0.568. The van der Waals surface area contributed by atoms with Crippen LogP contribution >= 0.6 is 0 Å². The van der Waals surface area contributed by atoms with Crippen molar-refractivity contribution in [2.24, 2.45) is 0 Å². The van der Waals surface area contributed by atoms with E-state index in [2.05, 4.69) is 24.9 Å². The van der Waals surface area contributed by atoms with Crippen LogP contribution in [0.15, 0.2) is 12.4 Å². The van der Waals surface area contributed by atoms with E-state index >= 15 is 0 Å². The molecule has 9 nitrogen and oxygen atoms in total. The molecular weight excluding hydrogens is 322 g/mol. The zero-order valence-electron chi connectivity index (χ0n) is 13.0. The van der Waals surface area contributed by atoms with Crippen LogP contribution in [0.4, 0.5) is 5.82 Å². The summed E-state index contributed by atoms with van der Waals surface area (Å²) in [5.41, 5.74) is 0.700. The van der Waals surface area contributed by atoms with Gasteiger partial charge in [-0.15, -0.1) is 0 Å². The SMILES string of the molecule is CS(=O)(=O)NCCC(=O)NCc1cc(N2CCOCC2)ncn1. The Morgan fingerprint density at radius 1 is 1.35 bits per heavy atom. The number of nitrogens with one attached hydrogen (secondary N) is 2. The molecule has 0 atom stereocenters. The number of nitrogens with zero attached hydrogens (tertiary/aromatic N) is 3. The normalized spacial score (nSPS) is 15.4. The number of carbonyl (C=O) groups excluding carboxylic acids is 1. The first-order chi connectivity index (χ1) is 10.9. The van der Waals surface area contributed by atoms with Gasteiger partial charge in [0.05, 0.1) is 31.7 Å². The summed E-state index contributed by atoms with van der Waals surface area (Å²) >= 11 is 0. The molecule has 1 saturated heterocycles. The second-order valence-electron chi connectivity index (χ2n) is 5.16. The Balaban J connectivity index is 1.80. The fourth-order valence-electron chi connectivity index (χ4n) is 2.08. The average molecular weight is 343 g/mol. The Labute approximate surface area is 135 Å². The van der Waals surface area contributed by atoms with E-state index in [9.17, 15) is 13.2 Å². The molecule has 1 aliphatic heterocycles. The fourth-order valence-corrected chi connectivity index (χ4v) is 2.55. The van der Waals surface area contributed by atoms with Gasteiger partial charge in [0.1, 0.15) is 12.1 Å². The van der Waals surface area contributed by atoms with Gasteiger partial charge in [-0.25, -0.2) is 23.1 Å². The predicted molar refractivity (Wildman–Crippen MR) is 84.4 cm³/mol. The number of sulfonamides is 1. The van der Waals surface area contributed by atoms with Crippen LogP contribution in [0.3, 0.4) is 0 Å². The van der Waals surface area contributed by atoms with Crippen LogP contribution in [0.2, 0.25) is 0 Å². The van der Waals surface area contributed by atoms with Crippen LogP contribution < -0.4 is 14.9 Å². The molecule has 0 aromatic carbocycles. The maximum Gasteiger partial charge on any atom is 0.221 e. The molecule has 2 N–H and O–H groups in total. The quantitative estimate of drug-likeness (QED) is 0.644. The molecule has 2 heterocycles. The molecule has 128 valence electrons. The third-order valence-electron chi connectivity index (χ3n) is 3.23. The minimum atomic E-state index is -3.27. The topological polar surface area (TPSA) is 114 Å². The Kier molecular flexibility index (Phi) is 6.25. The molecule has 0 radical (unpaired) electrons.